The Morgan fingerprint density at radius 2 is 2.05 bits per heavy atom. The summed E-state index contributed by atoms with van der Waals surface area (Å²) in [5.74, 6) is 1.57. The maximum Gasteiger partial charge on any atom is 0.128 e. The Balaban J connectivity index is 2.78. The normalized spacial score (nSPS) is 11.5. The summed E-state index contributed by atoms with van der Waals surface area (Å²) in [7, 11) is 0. The van der Waals surface area contributed by atoms with Crippen molar-refractivity contribution in [2.24, 2.45) is 0 Å². The molecule has 0 amide bonds. The summed E-state index contributed by atoms with van der Waals surface area (Å²) in [6.07, 6.45) is 2.06. The van der Waals surface area contributed by atoms with E-state index < -0.39 is 0 Å². The van der Waals surface area contributed by atoms with Gasteiger partial charge in [-0.2, -0.15) is 0 Å². The Morgan fingerprint density at radius 3 is 2.71 bits per heavy atom. The zero-order valence-electron chi connectivity index (χ0n) is 12.6. The lowest BCUT2D eigenvalue weighted by Gasteiger charge is -2.14. The number of hydrogen-bond acceptors (Lipinski definition) is 3. The molecule has 0 aliphatic carbocycles. The van der Waals surface area contributed by atoms with Gasteiger partial charge in [0.2, 0.25) is 0 Å². The van der Waals surface area contributed by atoms with Crippen LogP contribution in [0.4, 0.5) is 0 Å². The van der Waals surface area contributed by atoms with E-state index in [4.69, 9.17) is 32.7 Å². The van der Waals surface area contributed by atoms with E-state index in [0.29, 0.717) is 11.6 Å². The van der Waals surface area contributed by atoms with Gasteiger partial charge >= 0.3 is 0 Å². The van der Waals surface area contributed by atoms with Crippen LogP contribution >= 0.6 is 23.2 Å². The fourth-order valence-electron chi connectivity index (χ4n) is 1.70. The van der Waals surface area contributed by atoms with Crippen LogP contribution in [-0.2, 0) is 6.54 Å². The lowest BCUT2D eigenvalue weighted by Crippen LogP contribution is -2.15. The summed E-state index contributed by atoms with van der Waals surface area (Å²) < 4.78 is 11.4. The third-order valence-corrected chi connectivity index (χ3v) is 3.33. The Labute approximate surface area is 137 Å². The molecular weight excluding hydrogens is 309 g/mol. The van der Waals surface area contributed by atoms with Crippen molar-refractivity contribution in [1.29, 1.82) is 0 Å². The number of rotatable bonds is 10. The lowest BCUT2D eigenvalue weighted by molar-refractivity contribution is 0.310. The van der Waals surface area contributed by atoms with Gasteiger partial charge in [-0.15, -0.1) is 0 Å². The van der Waals surface area contributed by atoms with E-state index in [9.17, 15) is 0 Å². The molecule has 0 aromatic heterocycles. The van der Waals surface area contributed by atoms with Gasteiger partial charge in [-0.05, 0) is 25.5 Å². The maximum atomic E-state index is 5.87. The van der Waals surface area contributed by atoms with Gasteiger partial charge in [0.25, 0.3) is 0 Å². The van der Waals surface area contributed by atoms with Crippen molar-refractivity contribution >= 4 is 23.2 Å². The molecule has 1 aromatic carbocycles. The van der Waals surface area contributed by atoms with E-state index in [2.05, 4.69) is 19.2 Å². The molecule has 0 saturated carbocycles. The van der Waals surface area contributed by atoms with Gasteiger partial charge in [-0.25, -0.2) is 0 Å². The predicted molar refractivity (Wildman–Crippen MR) is 89.5 cm³/mol. The van der Waals surface area contributed by atoms with Crippen LogP contribution in [0.1, 0.15) is 32.3 Å². The van der Waals surface area contributed by atoms with Gasteiger partial charge in [-0.3, -0.25) is 0 Å². The fraction of sp³-hybridized carbons (Fsp3) is 0.500. The van der Waals surface area contributed by atoms with Crippen LogP contribution in [0.25, 0.3) is 0 Å². The number of nitrogens with one attached hydrogen (secondary N) is 1. The first-order valence-electron chi connectivity index (χ1n) is 7.25. The van der Waals surface area contributed by atoms with Crippen LogP contribution in [0.15, 0.2) is 28.8 Å². The third-order valence-electron chi connectivity index (χ3n) is 2.74. The monoisotopic (exact) mass is 331 g/mol. The van der Waals surface area contributed by atoms with Crippen molar-refractivity contribution in [2.45, 2.75) is 33.2 Å². The largest absolute Gasteiger partial charge is 0.493 e. The van der Waals surface area contributed by atoms with Crippen molar-refractivity contribution in [3.05, 3.63) is 34.3 Å². The summed E-state index contributed by atoms with van der Waals surface area (Å²) in [4.78, 5) is 0. The van der Waals surface area contributed by atoms with E-state index in [0.717, 1.165) is 43.0 Å². The minimum Gasteiger partial charge on any atom is -0.493 e. The Hall–Kier alpha value is -0.900. The molecule has 0 saturated heterocycles. The zero-order valence-corrected chi connectivity index (χ0v) is 14.1. The summed E-state index contributed by atoms with van der Waals surface area (Å²) in [5, 5.41) is 3.82. The first kappa shape index (κ1) is 18.1. The van der Waals surface area contributed by atoms with E-state index in [1.54, 1.807) is 0 Å². The summed E-state index contributed by atoms with van der Waals surface area (Å²) in [5.41, 5.74) is 2.39. The number of benzene rings is 1. The van der Waals surface area contributed by atoms with Crippen molar-refractivity contribution in [2.75, 3.05) is 19.8 Å². The molecule has 0 bridgehead atoms. The van der Waals surface area contributed by atoms with Gasteiger partial charge in [0.05, 0.1) is 11.6 Å². The third kappa shape index (κ3) is 7.07. The molecule has 0 heterocycles. The first-order chi connectivity index (χ1) is 10.2. The molecule has 0 fully saturated rings. The molecule has 1 N–H and O–H groups in total. The molecule has 5 heteroatoms. The molecule has 0 atom stereocenters. The average molecular weight is 332 g/mol. The molecule has 1 rings (SSSR count). The molecule has 1 aromatic rings. The van der Waals surface area contributed by atoms with Gasteiger partial charge in [0.1, 0.15) is 18.1 Å². The average Bonchev–Trinajstić information content (AvgIpc) is 2.52. The van der Waals surface area contributed by atoms with E-state index in [1.807, 2.05) is 18.2 Å². The predicted octanol–water partition coefficient (Wildman–Crippen LogP) is 4.67. The highest BCUT2D eigenvalue weighted by Gasteiger charge is 2.07. The molecule has 21 heavy (non-hydrogen) atoms. The van der Waals surface area contributed by atoms with Crippen LogP contribution in [0, 0.1) is 0 Å². The SMILES string of the molecule is CCCNCc1ccc(OCCC)cc1OCC(Cl)=CCl. The van der Waals surface area contributed by atoms with Gasteiger partial charge in [-0.1, -0.05) is 43.1 Å². The van der Waals surface area contributed by atoms with Crippen LogP contribution < -0.4 is 14.8 Å². The molecule has 3 nitrogen and oxygen atoms in total. The smallest absolute Gasteiger partial charge is 0.128 e. The topological polar surface area (TPSA) is 30.5 Å². The van der Waals surface area contributed by atoms with Gasteiger partial charge < -0.3 is 14.8 Å². The zero-order chi connectivity index (χ0) is 15.5. The number of ether oxygens (including phenoxy) is 2. The van der Waals surface area contributed by atoms with Crippen LogP contribution in [0.5, 0.6) is 11.5 Å². The Kier molecular flexibility index (Phi) is 9.31. The molecule has 0 spiro atoms. The highest BCUT2D eigenvalue weighted by Crippen LogP contribution is 2.26. The van der Waals surface area contributed by atoms with Crippen LogP contribution in [-0.4, -0.2) is 19.8 Å². The summed E-state index contributed by atoms with van der Waals surface area (Å²) >= 11 is 11.4. The van der Waals surface area contributed by atoms with E-state index in [1.165, 1.54) is 5.54 Å². The van der Waals surface area contributed by atoms with Crippen molar-refractivity contribution in [3.63, 3.8) is 0 Å². The molecule has 0 aliphatic heterocycles. The van der Waals surface area contributed by atoms with Crippen LogP contribution in [0.2, 0.25) is 0 Å². The standard InChI is InChI=1S/C16H23Cl2NO2/c1-3-7-19-11-13-5-6-15(20-8-4-2)9-16(13)21-12-14(18)10-17/h5-6,9-10,19H,3-4,7-8,11-12H2,1-2H3. The second-order valence-corrected chi connectivity index (χ2v) is 5.34. The van der Waals surface area contributed by atoms with Crippen molar-refractivity contribution in [1.82, 2.24) is 5.32 Å². The maximum absolute atomic E-state index is 5.87. The molecule has 0 unspecified atom stereocenters. The van der Waals surface area contributed by atoms with Gasteiger partial charge in [0.15, 0.2) is 0 Å². The minimum absolute atomic E-state index is 0.253. The Morgan fingerprint density at radius 1 is 1.24 bits per heavy atom. The number of hydrogen-bond donors (Lipinski definition) is 1. The second kappa shape index (κ2) is 10.8. The Bertz CT molecular complexity index is 450. The minimum atomic E-state index is 0.253. The summed E-state index contributed by atoms with van der Waals surface area (Å²) in [6.45, 7) is 6.87. The molecular formula is C16H23Cl2NO2. The lowest BCUT2D eigenvalue weighted by atomic mass is 10.2. The van der Waals surface area contributed by atoms with Crippen molar-refractivity contribution < 1.29 is 9.47 Å². The second-order valence-electron chi connectivity index (χ2n) is 4.64. The number of halogens is 2. The van der Waals surface area contributed by atoms with E-state index >= 15 is 0 Å². The quantitative estimate of drug-likeness (QED) is 0.632. The highest BCUT2D eigenvalue weighted by atomic mass is 35.5. The van der Waals surface area contributed by atoms with E-state index in [-0.39, 0.29) is 6.61 Å². The molecule has 0 aliphatic rings. The highest BCUT2D eigenvalue weighted by molar-refractivity contribution is 6.36. The molecule has 0 radical (unpaired) electrons. The fourth-order valence-corrected chi connectivity index (χ4v) is 1.82. The van der Waals surface area contributed by atoms with Crippen molar-refractivity contribution in [3.8, 4) is 11.5 Å². The first-order valence-corrected chi connectivity index (χ1v) is 8.06. The molecule has 118 valence electrons. The van der Waals surface area contributed by atoms with Gasteiger partial charge in [0, 0.05) is 23.7 Å². The van der Waals surface area contributed by atoms with Crippen LogP contribution in [0.3, 0.4) is 0 Å². The summed E-state index contributed by atoms with van der Waals surface area (Å²) in [6, 6.07) is 5.88.